The van der Waals surface area contributed by atoms with E-state index < -0.39 is 0 Å². The van der Waals surface area contributed by atoms with Crippen LogP contribution in [-0.2, 0) is 4.74 Å². The summed E-state index contributed by atoms with van der Waals surface area (Å²) in [5, 5.41) is 0. The molecule has 0 bridgehead atoms. The molecule has 6 nitrogen and oxygen atoms in total. The molecule has 0 aromatic carbocycles. The van der Waals surface area contributed by atoms with E-state index in [9.17, 15) is 4.79 Å². The zero-order valence-corrected chi connectivity index (χ0v) is 14.0. The van der Waals surface area contributed by atoms with Gasteiger partial charge in [-0.25, -0.2) is 0 Å². The van der Waals surface area contributed by atoms with Crippen molar-refractivity contribution in [3.63, 3.8) is 0 Å². The largest absolute Gasteiger partial charge is 0.460 e. The first-order valence-electron chi connectivity index (χ1n) is 7.99. The van der Waals surface area contributed by atoms with Crippen LogP contribution in [0.1, 0.15) is 23.4 Å². The minimum atomic E-state index is -0.113. The third-order valence-corrected chi connectivity index (χ3v) is 3.63. The first-order chi connectivity index (χ1) is 11.1. The summed E-state index contributed by atoms with van der Waals surface area (Å²) in [5.41, 5.74) is 0. The second-order valence-corrected chi connectivity index (χ2v) is 5.89. The van der Waals surface area contributed by atoms with Crippen molar-refractivity contribution in [1.29, 1.82) is 0 Å². The molecule has 128 valence electrons. The number of likely N-dealkylation sites (N-methyl/N-ethyl adjacent to an activating group) is 1. The third kappa shape index (κ3) is 5.41. The van der Waals surface area contributed by atoms with Gasteiger partial charge in [0.05, 0.1) is 13.2 Å². The second kappa shape index (κ2) is 8.74. The van der Waals surface area contributed by atoms with Crippen molar-refractivity contribution in [1.82, 2.24) is 9.80 Å². The van der Waals surface area contributed by atoms with Crippen molar-refractivity contribution in [2.75, 3.05) is 46.9 Å². The normalized spacial score (nSPS) is 16.4. The Hall–Kier alpha value is -1.79. The van der Waals surface area contributed by atoms with Gasteiger partial charge in [-0.05, 0) is 33.0 Å². The Bertz CT molecular complexity index is 506. The van der Waals surface area contributed by atoms with Gasteiger partial charge < -0.3 is 23.7 Å². The zero-order valence-electron chi connectivity index (χ0n) is 14.0. The predicted molar refractivity (Wildman–Crippen MR) is 87.8 cm³/mol. The van der Waals surface area contributed by atoms with Crippen LogP contribution in [0.3, 0.4) is 0 Å². The molecule has 1 aromatic heterocycles. The zero-order chi connectivity index (χ0) is 16.7. The minimum absolute atomic E-state index is 0.000453. The molecule has 1 saturated heterocycles. The number of carbonyl (C=O) groups excluding carboxylic acids is 1. The second-order valence-electron chi connectivity index (χ2n) is 5.89. The number of furan rings is 1. The Labute approximate surface area is 137 Å². The predicted octanol–water partition coefficient (Wildman–Crippen LogP) is 2.03. The maximum absolute atomic E-state index is 12.3. The fourth-order valence-corrected chi connectivity index (χ4v) is 2.48. The highest BCUT2D eigenvalue weighted by Gasteiger charge is 2.22. The van der Waals surface area contributed by atoms with Gasteiger partial charge >= 0.3 is 0 Å². The first kappa shape index (κ1) is 17.6. The molecule has 1 aliphatic rings. The number of amides is 1. The fraction of sp³-hybridized carbons (Fsp3) is 0.588. The van der Waals surface area contributed by atoms with E-state index in [0.717, 1.165) is 19.4 Å². The Kier molecular flexibility index (Phi) is 6.67. The highest BCUT2D eigenvalue weighted by atomic mass is 16.6. The molecule has 23 heavy (non-hydrogen) atoms. The van der Waals surface area contributed by atoms with E-state index >= 15 is 0 Å². The number of nitrogens with zero attached hydrogens (tertiary/aromatic N) is 2. The van der Waals surface area contributed by atoms with Gasteiger partial charge in [0, 0.05) is 25.7 Å². The summed E-state index contributed by atoms with van der Waals surface area (Å²) in [6.07, 6.45) is 3.61. The lowest BCUT2D eigenvalue weighted by Gasteiger charge is -2.25. The molecule has 0 radical (unpaired) electrons. The Morgan fingerprint density at radius 3 is 2.83 bits per heavy atom. The Morgan fingerprint density at radius 1 is 1.43 bits per heavy atom. The number of allylic oxidation sites excluding steroid dienone is 1. The summed E-state index contributed by atoms with van der Waals surface area (Å²) in [4.78, 5) is 16.2. The van der Waals surface area contributed by atoms with Crippen LogP contribution in [0.5, 0.6) is 5.95 Å². The number of ether oxygens (including phenoxy) is 2. The molecule has 0 aliphatic carbocycles. The van der Waals surface area contributed by atoms with E-state index in [1.165, 1.54) is 0 Å². The molecule has 2 rings (SSSR count). The van der Waals surface area contributed by atoms with Gasteiger partial charge in [-0.2, -0.15) is 0 Å². The van der Waals surface area contributed by atoms with Gasteiger partial charge in [0.2, 0.25) is 0 Å². The molecule has 0 spiro atoms. The van der Waals surface area contributed by atoms with Crippen LogP contribution >= 0.6 is 0 Å². The fourth-order valence-electron chi connectivity index (χ4n) is 2.48. The van der Waals surface area contributed by atoms with E-state index in [4.69, 9.17) is 13.9 Å². The van der Waals surface area contributed by atoms with Crippen LogP contribution < -0.4 is 4.74 Å². The van der Waals surface area contributed by atoms with Gasteiger partial charge in [0.25, 0.3) is 11.9 Å². The van der Waals surface area contributed by atoms with Crippen molar-refractivity contribution in [2.24, 2.45) is 0 Å². The molecule has 1 fully saturated rings. The van der Waals surface area contributed by atoms with Crippen LogP contribution in [0, 0.1) is 0 Å². The summed E-state index contributed by atoms with van der Waals surface area (Å²) in [6, 6.07) is 3.39. The summed E-state index contributed by atoms with van der Waals surface area (Å²) in [6.45, 7) is 6.86. The average molecular weight is 322 g/mol. The molecule has 0 N–H and O–H groups in total. The van der Waals surface area contributed by atoms with Gasteiger partial charge in [-0.15, -0.1) is 6.58 Å². The van der Waals surface area contributed by atoms with Gasteiger partial charge in [-0.3, -0.25) is 4.79 Å². The van der Waals surface area contributed by atoms with E-state index in [2.05, 4.69) is 11.5 Å². The van der Waals surface area contributed by atoms with Crippen LogP contribution in [-0.4, -0.2) is 68.8 Å². The van der Waals surface area contributed by atoms with Crippen LogP contribution in [0.25, 0.3) is 0 Å². The average Bonchev–Trinajstić information content (AvgIpc) is 3.00. The minimum Gasteiger partial charge on any atom is -0.460 e. The van der Waals surface area contributed by atoms with Crippen LogP contribution in [0.4, 0.5) is 0 Å². The first-order valence-corrected chi connectivity index (χ1v) is 7.99. The molecule has 1 atom stereocenters. The van der Waals surface area contributed by atoms with Gasteiger partial charge in [-0.1, -0.05) is 6.08 Å². The number of hydrogen-bond donors (Lipinski definition) is 0. The lowest BCUT2D eigenvalue weighted by molar-refractivity contribution is 0.0275. The molecule has 6 heteroatoms. The van der Waals surface area contributed by atoms with Gasteiger partial charge in [0.15, 0.2) is 5.76 Å². The summed E-state index contributed by atoms with van der Waals surface area (Å²) < 4.78 is 16.7. The SMILES string of the molecule is C=CCCC(CN(C)C)Oc1ccc(C(=O)N2CCOCC2)o1. The van der Waals surface area contributed by atoms with Crippen molar-refractivity contribution in [3.05, 3.63) is 30.5 Å². The highest BCUT2D eigenvalue weighted by Crippen LogP contribution is 2.20. The smallest absolute Gasteiger partial charge is 0.289 e. The Morgan fingerprint density at radius 2 is 2.17 bits per heavy atom. The van der Waals surface area contributed by atoms with E-state index in [1.807, 2.05) is 20.2 Å². The van der Waals surface area contributed by atoms with E-state index in [1.54, 1.807) is 17.0 Å². The number of morpholine rings is 1. The molecule has 0 saturated carbocycles. The maximum atomic E-state index is 12.3. The molecule has 1 unspecified atom stereocenters. The van der Waals surface area contributed by atoms with Crippen LogP contribution in [0.15, 0.2) is 29.2 Å². The molecule has 1 aromatic rings. The summed E-state index contributed by atoms with van der Waals surface area (Å²) >= 11 is 0. The van der Waals surface area contributed by atoms with E-state index in [-0.39, 0.29) is 12.0 Å². The van der Waals surface area contributed by atoms with Crippen LogP contribution in [0.2, 0.25) is 0 Å². The lowest BCUT2D eigenvalue weighted by Crippen LogP contribution is -2.40. The monoisotopic (exact) mass is 322 g/mol. The van der Waals surface area contributed by atoms with Crippen molar-refractivity contribution in [2.45, 2.75) is 18.9 Å². The summed E-state index contributed by atoms with van der Waals surface area (Å²) in [5.74, 6) is 0.588. The van der Waals surface area contributed by atoms with Crippen molar-refractivity contribution in [3.8, 4) is 5.95 Å². The van der Waals surface area contributed by atoms with Gasteiger partial charge in [0.1, 0.15) is 6.10 Å². The molecule has 2 heterocycles. The number of carbonyl (C=O) groups is 1. The lowest BCUT2D eigenvalue weighted by atomic mass is 10.2. The molecule has 1 aliphatic heterocycles. The van der Waals surface area contributed by atoms with Crippen molar-refractivity contribution < 1.29 is 18.7 Å². The molecular weight excluding hydrogens is 296 g/mol. The number of rotatable bonds is 8. The summed E-state index contributed by atoms with van der Waals surface area (Å²) in [7, 11) is 4.00. The van der Waals surface area contributed by atoms with E-state index in [0.29, 0.717) is 38.0 Å². The third-order valence-electron chi connectivity index (χ3n) is 3.63. The molecule has 1 amide bonds. The standard InChI is InChI=1S/C17H26N2O4/c1-4-5-6-14(13-18(2)3)22-16-8-7-15(23-16)17(20)19-9-11-21-12-10-19/h4,7-8,14H,1,5-6,9-13H2,2-3H3. The highest BCUT2D eigenvalue weighted by molar-refractivity contribution is 5.91. The van der Waals surface area contributed by atoms with Crippen molar-refractivity contribution >= 4 is 5.91 Å². The Balaban J connectivity index is 1.96. The quantitative estimate of drug-likeness (QED) is 0.686. The maximum Gasteiger partial charge on any atom is 0.289 e. The topological polar surface area (TPSA) is 55.2 Å². The number of hydrogen-bond acceptors (Lipinski definition) is 5. The molecular formula is C17H26N2O4.